The van der Waals surface area contributed by atoms with Gasteiger partial charge in [0.2, 0.25) is 0 Å². The Balaban J connectivity index is 2.20. The molecule has 0 N–H and O–H groups in total. The van der Waals surface area contributed by atoms with Crippen LogP contribution in [0.2, 0.25) is 0 Å². The van der Waals surface area contributed by atoms with Crippen molar-refractivity contribution in [2.24, 2.45) is 0 Å². The number of nitrogens with zero attached hydrogens (tertiary/aromatic N) is 1. The molecule has 1 atom stereocenters. The highest BCUT2D eigenvalue weighted by Gasteiger charge is 2.22. The number of carbonyl (C=O) groups is 1. The maximum atomic E-state index is 12.7. The van der Waals surface area contributed by atoms with E-state index in [4.69, 9.17) is 4.74 Å². The summed E-state index contributed by atoms with van der Waals surface area (Å²) < 4.78 is 17.9. The lowest BCUT2D eigenvalue weighted by atomic mass is 10.2. The average molecular weight is 209 g/mol. The van der Waals surface area contributed by atoms with Gasteiger partial charge >= 0.3 is 0 Å². The normalized spacial score (nSPS) is 21.4. The number of hydrogen-bond donors (Lipinski definition) is 0. The Morgan fingerprint density at radius 1 is 1.40 bits per heavy atom. The number of aldehydes is 1. The minimum Gasteiger partial charge on any atom is -0.377 e. The Hall–Kier alpha value is -1.42. The van der Waals surface area contributed by atoms with Gasteiger partial charge in [-0.05, 0) is 24.3 Å². The molecule has 0 radical (unpaired) electrons. The molecule has 2 rings (SSSR count). The second kappa shape index (κ2) is 4.40. The van der Waals surface area contributed by atoms with Gasteiger partial charge in [0.05, 0.1) is 13.2 Å². The van der Waals surface area contributed by atoms with Gasteiger partial charge in [0.25, 0.3) is 0 Å². The molecule has 0 aromatic heterocycles. The number of rotatable bonds is 2. The van der Waals surface area contributed by atoms with Crippen LogP contribution in [0.3, 0.4) is 0 Å². The summed E-state index contributed by atoms with van der Waals surface area (Å²) in [5, 5.41) is 0. The number of benzene rings is 1. The molecule has 0 amide bonds. The molecule has 4 heteroatoms. The third-order valence-electron chi connectivity index (χ3n) is 2.48. The van der Waals surface area contributed by atoms with Crippen LogP contribution in [0.25, 0.3) is 0 Å². The van der Waals surface area contributed by atoms with Crippen LogP contribution in [0.1, 0.15) is 0 Å². The predicted octanol–water partition coefficient (Wildman–Crippen LogP) is 1.23. The standard InChI is InChI=1S/C11H12FNO2/c12-9-1-3-10(4-2-9)13-5-6-15-8-11(13)7-14/h1-4,7,11H,5-6,8H2. The van der Waals surface area contributed by atoms with E-state index in [0.29, 0.717) is 19.8 Å². The number of anilines is 1. The van der Waals surface area contributed by atoms with E-state index in [1.54, 1.807) is 12.1 Å². The summed E-state index contributed by atoms with van der Waals surface area (Å²) in [5.41, 5.74) is 0.858. The van der Waals surface area contributed by atoms with E-state index in [1.807, 2.05) is 4.90 Å². The molecule has 15 heavy (non-hydrogen) atoms. The molecule has 3 nitrogen and oxygen atoms in total. The zero-order valence-electron chi connectivity index (χ0n) is 8.23. The highest BCUT2D eigenvalue weighted by molar-refractivity contribution is 5.66. The Bertz CT molecular complexity index is 339. The van der Waals surface area contributed by atoms with Crippen LogP contribution in [0.4, 0.5) is 10.1 Å². The molecule has 1 aliphatic heterocycles. The Kier molecular flexibility index (Phi) is 2.97. The van der Waals surface area contributed by atoms with Crippen molar-refractivity contribution in [1.82, 2.24) is 0 Å². The van der Waals surface area contributed by atoms with Gasteiger partial charge < -0.3 is 14.4 Å². The van der Waals surface area contributed by atoms with Gasteiger partial charge in [-0.1, -0.05) is 0 Å². The van der Waals surface area contributed by atoms with Crippen LogP contribution in [0, 0.1) is 5.82 Å². The van der Waals surface area contributed by atoms with E-state index in [-0.39, 0.29) is 11.9 Å². The fraction of sp³-hybridized carbons (Fsp3) is 0.364. The van der Waals surface area contributed by atoms with Crippen LogP contribution in [-0.2, 0) is 9.53 Å². The fourth-order valence-electron chi connectivity index (χ4n) is 1.69. The van der Waals surface area contributed by atoms with E-state index < -0.39 is 0 Å². The molecule has 1 fully saturated rings. The molecule has 1 heterocycles. The first-order valence-corrected chi connectivity index (χ1v) is 4.86. The minimum absolute atomic E-state index is 0.260. The Labute approximate surface area is 87.5 Å². The Morgan fingerprint density at radius 3 is 2.80 bits per heavy atom. The van der Waals surface area contributed by atoms with Gasteiger partial charge in [0, 0.05) is 12.2 Å². The largest absolute Gasteiger partial charge is 0.377 e. The van der Waals surface area contributed by atoms with Crippen LogP contribution >= 0.6 is 0 Å². The van der Waals surface area contributed by atoms with Crippen LogP contribution in [0.5, 0.6) is 0 Å². The molecular formula is C11H12FNO2. The number of morpholine rings is 1. The number of hydrogen-bond acceptors (Lipinski definition) is 3. The molecule has 1 unspecified atom stereocenters. The van der Waals surface area contributed by atoms with Gasteiger partial charge in [0.1, 0.15) is 18.1 Å². The predicted molar refractivity (Wildman–Crippen MR) is 54.4 cm³/mol. The molecule has 1 saturated heterocycles. The lowest BCUT2D eigenvalue weighted by molar-refractivity contribution is -0.111. The fourth-order valence-corrected chi connectivity index (χ4v) is 1.69. The molecule has 0 spiro atoms. The smallest absolute Gasteiger partial charge is 0.144 e. The lowest BCUT2D eigenvalue weighted by Crippen LogP contribution is -2.46. The first kappa shape index (κ1) is 10.1. The van der Waals surface area contributed by atoms with E-state index >= 15 is 0 Å². The molecule has 0 saturated carbocycles. The number of carbonyl (C=O) groups excluding carboxylic acids is 1. The molecular weight excluding hydrogens is 197 g/mol. The van der Waals surface area contributed by atoms with E-state index in [0.717, 1.165) is 12.0 Å². The first-order chi connectivity index (χ1) is 7.31. The number of ether oxygens (including phenoxy) is 1. The quantitative estimate of drug-likeness (QED) is 0.686. The summed E-state index contributed by atoms with van der Waals surface area (Å²) in [4.78, 5) is 12.7. The SMILES string of the molecule is O=CC1COCCN1c1ccc(F)cc1. The third kappa shape index (κ3) is 2.15. The summed E-state index contributed by atoms with van der Waals surface area (Å²) in [6.45, 7) is 1.66. The molecule has 80 valence electrons. The highest BCUT2D eigenvalue weighted by atomic mass is 19.1. The van der Waals surface area contributed by atoms with E-state index in [9.17, 15) is 9.18 Å². The van der Waals surface area contributed by atoms with Crippen molar-refractivity contribution >= 4 is 12.0 Å². The third-order valence-corrected chi connectivity index (χ3v) is 2.48. The molecule has 1 aromatic carbocycles. The van der Waals surface area contributed by atoms with Crippen LogP contribution < -0.4 is 4.90 Å². The molecule has 0 bridgehead atoms. The van der Waals surface area contributed by atoms with Crippen LogP contribution in [0.15, 0.2) is 24.3 Å². The molecule has 1 aromatic rings. The van der Waals surface area contributed by atoms with Crippen LogP contribution in [-0.4, -0.2) is 32.1 Å². The first-order valence-electron chi connectivity index (χ1n) is 4.86. The maximum absolute atomic E-state index is 12.7. The topological polar surface area (TPSA) is 29.5 Å². The van der Waals surface area contributed by atoms with Gasteiger partial charge in [-0.15, -0.1) is 0 Å². The van der Waals surface area contributed by atoms with Crippen molar-refractivity contribution < 1.29 is 13.9 Å². The molecule has 1 aliphatic rings. The van der Waals surface area contributed by atoms with Gasteiger partial charge in [-0.3, -0.25) is 0 Å². The highest BCUT2D eigenvalue weighted by Crippen LogP contribution is 2.19. The second-order valence-electron chi connectivity index (χ2n) is 3.45. The minimum atomic E-state index is -0.269. The zero-order chi connectivity index (χ0) is 10.7. The summed E-state index contributed by atoms with van der Waals surface area (Å²) in [6, 6.07) is 5.89. The van der Waals surface area contributed by atoms with Crippen molar-refractivity contribution in [2.75, 3.05) is 24.7 Å². The van der Waals surface area contributed by atoms with Gasteiger partial charge in [-0.25, -0.2) is 4.39 Å². The summed E-state index contributed by atoms with van der Waals surface area (Å²) >= 11 is 0. The van der Waals surface area contributed by atoms with Crippen molar-refractivity contribution in [2.45, 2.75) is 6.04 Å². The maximum Gasteiger partial charge on any atom is 0.144 e. The molecule has 0 aliphatic carbocycles. The van der Waals surface area contributed by atoms with Crippen molar-refractivity contribution in [3.8, 4) is 0 Å². The zero-order valence-corrected chi connectivity index (χ0v) is 8.23. The average Bonchev–Trinajstić information content (AvgIpc) is 2.30. The summed E-state index contributed by atoms with van der Waals surface area (Å²) in [5.74, 6) is -0.269. The summed E-state index contributed by atoms with van der Waals surface area (Å²) in [7, 11) is 0. The van der Waals surface area contributed by atoms with E-state index in [1.165, 1.54) is 12.1 Å². The van der Waals surface area contributed by atoms with Crippen molar-refractivity contribution in [1.29, 1.82) is 0 Å². The van der Waals surface area contributed by atoms with Crippen molar-refractivity contribution in [3.63, 3.8) is 0 Å². The van der Waals surface area contributed by atoms with Crippen molar-refractivity contribution in [3.05, 3.63) is 30.1 Å². The van der Waals surface area contributed by atoms with Gasteiger partial charge in [0.15, 0.2) is 0 Å². The monoisotopic (exact) mass is 209 g/mol. The van der Waals surface area contributed by atoms with Gasteiger partial charge in [-0.2, -0.15) is 0 Å². The lowest BCUT2D eigenvalue weighted by Gasteiger charge is -2.34. The van der Waals surface area contributed by atoms with E-state index in [2.05, 4.69) is 0 Å². The second-order valence-corrected chi connectivity index (χ2v) is 3.45. The number of halogens is 1. The Morgan fingerprint density at radius 2 is 2.13 bits per heavy atom. The summed E-state index contributed by atoms with van der Waals surface area (Å²) in [6.07, 6.45) is 0.864.